The first-order chi connectivity index (χ1) is 10.3. The summed E-state index contributed by atoms with van der Waals surface area (Å²) in [5, 5.41) is 13.3. The standard InChI is InChI=1S/C18H19NO2/c20-14-6-7-16-15(12-14)17(13-4-2-1-3-5-13)21-18(16)8-10-19-11-9-18/h1-7,12,17,19-20H,8-11H2/t17-/m1/s1. The third-order valence-electron chi connectivity index (χ3n) is 4.67. The molecule has 0 saturated carbocycles. The molecule has 2 aliphatic heterocycles. The molecule has 0 bridgehead atoms. The number of hydrogen-bond donors (Lipinski definition) is 2. The number of rotatable bonds is 1. The molecule has 0 amide bonds. The van der Waals surface area contributed by atoms with E-state index in [0.29, 0.717) is 5.75 Å². The van der Waals surface area contributed by atoms with E-state index in [-0.39, 0.29) is 11.7 Å². The zero-order valence-electron chi connectivity index (χ0n) is 11.9. The Bertz CT molecular complexity index is 648. The zero-order chi connectivity index (χ0) is 14.3. The largest absolute Gasteiger partial charge is 0.508 e. The highest BCUT2D eigenvalue weighted by molar-refractivity contribution is 5.47. The summed E-state index contributed by atoms with van der Waals surface area (Å²) in [5.74, 6) is 0.310. The minimum absolute atomic E-state index is 0.0774. The van der Waals surface area contributed by atoms with Crippen LogP contribution in [0.3, 0.4) is 0 Å². The molecule has 0 aliphatic carbocycles. The van der Waals surface area contributed by atoms with Gasteiger partial charge in [-0.25, -0.2) is 0 Å². The summed E-state index contributed by atoms with van der Waals surface area (Å²) in [4.78, 5) is 0. The number of piperidine rings is 1. The highest BCUT2D eigenvalue weighted by Gasteiger charge is 2.45. The fraction of sp³-hybridized carbons (Fsp3) is 0.333. The van der Waals surface area contributed by atoms with Crippen LogP contribution in [0.1, 0.15) is 35.6 Å². The van der Waals surface area contributed by atoms with E-state index in [1.807, 2.05) is 30.3 Å². The second kappa shape index (κ2) is 4.86. The summed E-state index contributed by atoms with van der Waals surface area (Å²) < 4.78 is 6.55. The number of phenols is 1. The number of benzene rings is 2. The van der Waals surface area contributed by atoms with Crippen LogP contribution in [0.4, 0.5) is 0 Å². The first-order valence-corrected chi connectivity index (χ1v) is 7.55. The maximum absolute atomic E-state index is 9.88. The van der Waals surface area contributed by atoms with Gasteiger partial charge in [0.1, 0.15) is 11.9 Å². The summed E-state index contributed by atoms with van der Waals surface area (Å²) in [5.41, 5.74) is 3.31. The maximum Gasteiger partial charge on any atom is 0.115 e. The van der Waals surface area contributed by atoms with Crippen molar-refractivity contribution in [3.05, 3.63) is 65.2 Å². The van der Waals surface area contributed by atoms with Crippen molar-refractivity contribution in [2.45, 2.75) is 24.5 Å². The Morgan fingerprint density at radius 2 is 1.81 bits per heavy atom. The SMILES string of the molecule is Oc1ccc2c(c1)[C@@H](c1ccccc1)OC21CCNCC1. The average Bonchev–Trinajstić information content (AvgIpc) is 2.83. The van der Waals surface area contributed by atoms with Crippen LogP contribution in [0.15, 0.2) is 48.5 Å². The van der Waals surface area contributed by atoms with Gasteiger partial charge in [-0.1, -0.05) is 36.4 Å². The van der Waals surface area contributed by atoms with Crippen LogP contribution in [-0.2, 0) is 10.3 Å². The van der Waals surface area contributed by atoms with E-state index in [1.165, 1.54) is 5.56 Å². The molecule has 0 radical (unpaired) electrons. The number of phenolic OH excluding ortho intramolecular Hbond substituents is 1. The van der Waals surface area contributed by atoms with Gasteiger partial charge in [0.2, 0.25) is 0 Å². The molecule has 2 heterocycles. The molecule has 0 unspecified atom stereocenters. The van der Waals surface area contributed by atoms with E-state index in [9.17, 15) is 5.11 Å². The number of hydrogen-bond acceptors (Lipinski definition) is 3. The van der Waals surface area contributed by atoms with Crippen LogP contribution in [0.25, 0.3) is 0 Å². The second-order valence-electron chi connectivity index (χ2n) is 5.92. The number of fused-ring (bicyclic) bond motifs is 2. The maximum atomic E-state index is 9.88. The normalized spacial score (nSPS) is 23.1. The van der Waals surface area contributed by atoms with E-state index >= 15 is 0 Å². The highest BCUT2D eigenvalue weighted by atomic mass is 16.5. The van der Waals surface area contributed by atoms with Crippen LogP contribution in [0.5, 0.6) is 5.75 Å². The molecule has 2 aromatic rings. The lowest BCUT2D eigenvalue weighted by Gasteiger charge is -2.34. The van der Waals surface area contributed by atoms with E-state index in [2.05, 4.69) is 17.4 Å². The van der Waals surface area contributed by atoms with E-state index in [0.717, 1.165) is 37.1 Å². The minimum atomic E-state index is -0.200. The van der Waals surface area contributed by atoms with Gasteiger partial charge >= 0.3 is 0 Å². The third kappa shape index (κ3) is 2.04. The van der Waals surface area contributed by atoms with Crippen molar-refractivity contribution < 1.29 is 9.84 Å². The molecule has 4 rings (SSSR count). The van der Waals surface area contributed by atoms with Crippen molar-refractivity contribution in [1.82, 2.24) is 5.32 Å². The van der Waals surface area contributed by atoms with Crippen molar-refractivity contribution >= 4 is 0 Å². The molecule has 21 heavy (non-hydrogen) atoms. The first kappa shape index (κ1) is 12.9. The predicted molar refractivity (Wildman–Crippen MR) is 81.3 cm³/mol. The van der Waals surface area contributed by atoms with Gasteiger partial charge in [0.05, 0.1) is 5.60 Å². The summed E-state index contributed by atoms with van der Waals surface area (Å²) in [7, 11) is 0. The summed E-state index contributed by atoms with van der Waals surface area (Å²) in [6.07, 6.45) is 1.88. The van der Waals surface area contributed by atoms with Crippen molar-refractivity contribution in [2.24, 2.45) is 0 Å². The topological polar surface area (TPSA) is 41.5 Å². The lowest BCUT2D eigenvalue weighted by Crippen LogP contribution is -2.39. The monoisotopic (exact) mass is 281 g/mol. The molecule has 3 heteroatoms. The molecule has 1 spiro atoms. The lowest BCUT2D eigenvalue weighted by molar-refractivity contribution is -0.0798. The van der Waals surface area contributed by atoms with Gasteiger partial charge < -0.3 is 15.2 Å². The zero-order valence-corrected chi connectivity index (χ0v) is 11.9. The number of nitrogens with one attached hydrogen (secondary N) is 1. The van der Waals surface area contributed by atoms with Crippen molar-refractivity contribution in [3.63, 3.8) is 0 Å². The molecule has 2 aliphatic rings. The number of ether oxygens (including phenoxy) is 1. The molecule has 108 valence electrons. The molecule has 1 saturated heterocycles. The highest BCUT2D eigenvalue weighted by Crippen LogP contribution is 2.51. The van der Waals surface area contributed by atoms with Crippen molar-refractivity contribution in [3.8, 4) is 5.75 Å². The molecule has 3 nitrogen and oxygen atoms in total. The first-order valence-electron chi connectivity index (χ1n) is 7.55. The van der Waals surface area contributed by atoms with Gasteiger partial charge in [-0.05, 0) is 54.8 Å². The molecular formula is C18H19NO2. The predicted octanol–water partition coefficient (Wildman–Crippen LogP) is 3.09. The summed E-state index contributed by atoms with van der Waals surface area (Å²) >= 11 is 0. The van der Waals surface area contributed by atoms with Crippen molar-refractivity contribution in [1.29, 1.82) is 0 Å². The van der Waals surface area contributed by atoms with Gasteiger partial charge in [0.25, 0.3) is 0 Å². The van der Waals surface area contributed by atoms with Crippen LogP contribution < -0.4 is 5.32 Å². The minimum Gasteiger partial charge on any atom is -0.508 e. The van der Waals surface area contributed by atoms with Crippen LogP contribution in [0.2, 0.25) is 0 Å². The Balaban J connectivity index is 1.83. The Labute approximate surface area is 124 Å². The fourth-order valence-electron chi connectivity index (χ4n) is 3.63. The fourth-order valence-corrected chi connectivity index (χ4v) is 3.63. The quantitative estimate of drug-likeness (QED) is 0.844. The lowest BCUT2D eigenvalue weighted by atomic mass is 9.83. The smallest absolute Gasteiger partial charge is 0.115 e. The van der Waals surface area contributed by atoms with E-state index in [1.54, 1.807) is 6.07 Å². The van der Waals surface area contributed by atoms with E-state index in [4.69, 9.17) is 4.74 Å². The van der Waals surface area contributed by atoms with Crippen molar-refractivity contribution in [2.75, 3.05) is 13.1 Å². The van der Waals surface area contributed by atoms with Crippen LogP contribution in [-0.4, -0.2) is 18.2 Å². The molecule has 1 fully saturated rings. The van der Waals surface area contributed by atoms with Gasteiger partial charge in [-0.3, -0.25) is 0 Å². The van der Waals surface area contributed by atoms with Gasteiger partial charge in [-0.2, -0.15) is 0 Å². The Morgan fingerprint density at radius 3 is 2.57 bits per heavy atom. The third-order valence-corrected chi connectivity index (χ3v) is 4.67. The molecular weight excluding hydrogens is 262 g/mol. The summed E-state index contributed by atoms with van der Waals surface area (Å²) in [6.45, 7) is 1.95. The molecule has 2 aromatic carbocycles. The Morgan fingerprint density at radius 1 is 1.05 bits per heavy atom. The summed E-state index contributed by atoms with van der Waals surface area (Å²) in [6, 6.07) is 16.0. The van der Waals surface area contributed by atoms with Gasteiger partial charge in [0.15, 0.2) is 0 Å². The van der Waals surface area contributed by atoms with E-state index < -0.39 is 0 Å². The van der Waals surface area contributed by atoms with Gasteiger partial charge in [-0.15, -0.1) is 0 Å². The molecule has 0 aromatic heterocycles. The van der Waals surface area contributed by atoms with Crippen LogP contribution >= 0.6 is 0 Å². The Hall–Kier alpha value is -1.84. The molecule has 1 atom stereocenters. The number of aromatic hydroxyl groups is 1. The van der Waals surface area contributed by atoms with Gasteiger partial charge in [0, 0.05) is 0 Å². The second-order valence-corrected chi connectivity index (χ2v) is 5.92. The van der Waals surface area contributed by atoms with Crippen LogP contribution in [0, 0.1) is 0 Å². The Kier molecular flexibility index (Phi) is 2.98. The molecule has 2 N–H and O–H groups in total. The average molecular weight is 281 g/mol.